The molecule has 1 rings (SSSR count). The summed E-state index contributed by atoms with van der Waals surface area (Å²) in [7, 11) is -3.67. The summed E-state index contributed by atoms with van der Waals surface area (Å²) in [6.07, 6.45) is 0. The lowest BCUT2D eigenvalue weighted by atomic mass is 9.94. The molecule has 0 aliphatic rings. The molecule has 0 fully saturated rings. The lowest BCUT2D eigenvalue weighted by molar-refractivity contribution is -0.124. The van der Waals surface area contributed by atoms with E-state index in [1.165, 1.54) is 0 Å². The van der Waals surface area contributed by atoms with E-state index in [1.807, 2.05) is 20.8 Å². The van der Waals surface area contributed by atoms with Crippen LogP contribution in [0.25, 0.3) is 0 Å². The summed E-state index contributed by atoms with van der Waals surface area (Å²) in [5.74, 6) is -0.385. The largest absolute Gasteiger partial charge is 0.298 e. The van der Waals surface area contributed by atoms with Crippen LogP contribution < -0.4 is 4.72 Å². The zero-order valence-electron chi connectivity index (χ0n) is 12.7. The maximum absolute atomic E-state index is 12.3. The van der Waals surface area contributed by atoms with Crippen LogP contribution in [-0.2, 0) is 14.8 Å². The average Bonchev–Trinajstić information content (AvgIpc) is 2.35. The van der Waals surface area contributed by atoms with E-state index in [4.69, 9.17) is 0 Å². The second-order valence-corrected chi connectivity index (χ2v) is 7.43. The van der Waals surface area contributed by atoms with Crippen molar-refractivity contribution >= 4 is 15.8 Å². The molecule has 1 aromatic rings. The number of carbonyl (C=O) groups excluding carboxylic acids is 1. The maximum atomic E-state index is 12.3. The Morgan fingerprint density at radius 1 is 1.05 bits per heavy atom. The first-order chi connectivity index (χ1) is 9.15. The number of benzene rings is 1. The smallest absolute Gasteiger partial charge is 0.241 e. The highest BCUT2D eigenvalue weighted by molar-refractivity contribution is 7.89. The molecule has 1 atom stereocenters. The summed E-state index contributed by atoms with van der Waals surface area (Å²) < 4.78 is 27.2. The third-order valence-electron chi connectivity index (χ3n) is 3.16. The van der Waals surface area contributed by atoms with Crippen LogP contribution in [0.3, 0.4) is 0 Å². The predicted octanol–water partition coefficient (Wildman–Crippen LogP) is 2.52. The van der Waals surface area contributed by atoms with Gasteiger partial charge in [-0.05, 0) is 25.0 Å². The van der Waals surface area contributed by atoms with E-state index in [2.05, 4.69) is 4.72 Å². The van der Waals surface area contributed by atoms with Crippen LogP contribution >= 0.6 is 0 Å². The molecule has 0 unspecified atom stereocenters. The van der Waals surface area contributed by atoms with Crippen LogP contribution in [0.2, 0.25) is 0 Å². The minimum absolute atomic E-state index is 0.0873. The highest BCUT2D eigenvalue weighted by Gasteiger charge is 2.29. The third-order valence-corrected chi connectivity index (χ3v) is 4.61. The van der Waals surface area contributed by atoms with Crippen molar-refractivity contribution in [3.63, 3.8) is 0 Å². The van der Waals surface area contributed by atoms with Crippen LogP contribution in [0.5, 0.6) is 0 Å². The normalized spacial score (nSPS) is 13.8. The van der Waals surface area contributed by atoms with E-state index in [-0.39, 0.29) is 22.5 Å². The van der Waals surface area contributed by atoms with Crippen molar-refractivity contribution < 1.29 is 13.2 Å². The van der Waals surface area contributed by atoms with E-state index in [0.29, 0.717) is 0 Å². The van der Waals surface area contributed by atoms with Crippen molar-refractivity contribution in [1.29, 1.82) is 0 Å². The summed E-state index contributed by atoms with van der Waals surface area (Å²) >= 11 is 0. The number of nitrogens with one attached hydrogen (secondary N) is 1. The third kappa shape index (κ3) is 4.15. The van der Waals surface area contributed by atoms with E-state index in [9.17, 15) is 13.2 Å². The van der Waals surface area contributed by atoms with Crippen molar-refractivity contribution in [2.75, 3.05) is 0 Å². The number of hydrogen-bond donors (Lipinski definition) is 1. The first-order valence-corrected chi connectivity index (χ1v) is 8.26. The predicted molar refractivity (Wildman–Crippen MR) is 80.0 cm³/mol. The molecule has 5 heteroatoms. The van der Waals surface area contributed by atoms with Gasteiger partial charge < -0.3 is 0 Å². The molecule has 0 aliphatic carbocycles. The van der Waals surface area contributed by atoms with Gasteiger partial charge in [-0.15, -0.1) is 0 Å². The van der Waals surface area contributed by atoms with Crippen LogP contribution in [-0.4, -0.2) is 20.2 Å². The molecule has 0 heterocycles. The molecule has 0 amide bonds. The summed E-state index contributed by atoms with van der Waals surface area (Å²) in [6.45, 7) is 9.12. The molecule has 4 nitrogen and oxygen atoms in total. The van der Waals surface area contributed by atoms with Gasteiger partial charge in [0.1, 0.15) is 0 Å². The second-order valence-electron chi connectivity index (χ2n) is 5.71. The Kier molecular flexibility index (Phi) is 5.48. The molecular formula is C15H23NO3S. The fourth-order valence-corrected chi connectivity index (χ4v) is 3.19. The highest BCUT2D eigenvalue weighted by Crippen LogP contribution is 2.15. The lowest BCUT2D eigenvalue weighted by Crippen LogP contribution is -2.45. The van der Waals surface area contributed by atoms with Gasteiger partial charge in [0.2, 0.25) is 10.0 Å². The van der Waals surface area contributed by atoms with Crippen LogP contribution in [0.15, 0.2) is 29.2 Å². The average molecular weight is 297 g/mol. The molecular weight excluding hydrogens is 274 g/mol. The Hall–Kier alpha value is -1.20. The zero-order chi connectivity index (χ0) is 15.5. The monoisotopic (exact) mass is 297 g/mol. The van der Waals surface area contributed by atoms with Gasteiger partial charge in [-0.1, -0.05) is 45.4 Å². The number of rotatable bonds is 6. The molecule has 0 bridgehead atoms. The van der Waals surface area contributed by atoms with Crippen molar-refractivity contribution in [3.8, 4) is 0 Å². The number of sulfonamides is 1. The standard InChI is InChI=1S/C15H23NO3S/c1-10(2)14(15(17)11(3)4)16-20(18,19)13-8-6-12(5)7-9-13/h6-11,14,16H,1-5H3/t14-/m0/s1. The molecule has 1 N–H and O–H groups in total. The molecule has 1 aromatic carbocycles. The fraction of sp³-hybridized carbons (Fsp3) is 0.533. The van der Waals surface area contributed by atoms with Gasteiger partial charge in [0.15, 0.2) is 5.78 Å². The second kappa shape index (κ2) is 6.50. The summed E-state index contributed by atoms with van der Waals surface area (Å²) in [6, 6.07) is 5.89. The van der Waals surface area contributed by atoms with Crippen LogP contribution in [0.1, 0.15) is 33.3 Å². The molecule has 0 radical (unpaired) electrons. The molecule has 20 heavy (non-hydrogen) atoms. The zero-order valence-corrected chi connectivity index (χ0v) is 13.5. The fourth-order valence-electron chi connectivity index (χ4n) is 1.83. The number of hydrogen-bond acceptors (Lipinski definition) is 3. The van der Waals surface area contributed by atoms with E-state index in [1.54, 1.807) is 38.1 Å². The van der Waals surface area contributed by atoms with Gasteiger partial charge in [0, 0.05) is 5.92 Å². The van der Waals surface area contributed by atoms with Gasteiger partial charge in [0.25, 0.3) is 0 Å². The molecule has 0 aliphatic heterocycles. The summed E-state index contributed by atoms with van der Waals surface area (Å²) in [5.41, 5.74) is 0.989. The quantitative estimate of drug-likeness (QED) is 0.877. The Labute approximate surface area is 121 Å². The van der Waals surface area contributed by atoms with Gasteiger partial charge in [0.05, 0.1) is 10.9 Å². The van der Waals surface area contributed by atoms with Crippen molar-refractivity contribution in [3.05, 3.63) is 29.8 Å². The van der Waals surface area contributed by atoms with E-state index >= 15 is 0 Å². The first-order valence-electron chi connectivity index (χ1n) is 6.78. The number of carbonyl (C=O) groups is 1. The molecule has 0 saturated heterocycles. The lowest BCUT2D eigenvalue weighted by Gasteiger charge is -2.22. The van der Waals surface area contributed by atoms with E-state index in [0.717, 1.165) is 5.56 Å². The van der Waals surface area contributed by atoms with Crippen molar-refractivity contribution in [2.24, 2.45) is 11.8 Å². The highest BCUT2D eigenvalue weighted by atomic mass is 32.2. The van der Waals surface area contributed by atoms with Crippen LogP contribution in [0, 0.1) is 18.8 Å². The Bertz CT molecular complexity index is 559. The maximum Gasteiger partial charge on any atom is 0.241 e. The van der Waals surface area contributed by atoms with Crippen molar-refractivity contribution in [2.45, 2.75) is 45.6 Å². The van der Waals surface area contributed by atoms with E-state index < -0.39 is 16.1 Å². The van der Waals surface area contributed by atoms with Crippen molar-refractivity contribution in [1.82, 2.24) is 4.72 Å². The Morgan fingerprint density at radius 3 is 1.95 bits per heavy atom. The minimum atomic E-state index is -3.67. The molecule has 0 saturated carbocycles. The summed E-state index contributed by atoms with van der Waals surface area (Å²) in [4.78, 5) is 12.3. The van der Waals surface area contributed by atoms with Gasteiger partial charge in [-0.2, -0.15) is 0 Å². The Morgan fingerprint density at radius 2 is 1.55 bits per heavy atom. The van der Waals surface area contributed by atoms with Crippen LogP contribution in [0.4, 0.5) is 0 Å². The molecule has 0 spiro atoms. The van der Waals surface area contributed by atoms with Gasteiger partial charge in [-0.3, -0.25) is 4.79 Å². The van der Waals surface area contributed by atoms with Gasteiger partial charge >= 0.3 is 0 Å². The molecule has 0 aromatic heterocycles. The SMILES string of the molecule is Cc1ccc(S(=O)(=O)N[C@H](C(=O)C(C)C)C(C)C)cc1. The Balaban J connectivity index is 3.03. The topological polar surface area (TPSA) is 63.2 Å². The molecule has 112 valence electrons. The number of ketones is 1. The van der Waals surface area contributed by atoms with Gasteiger partial charge in [-0.25, -0.2) is 13.1 Å². The number of aryl methyl sites for hydroxylation is 1. The summed E-state index contributed by atoms with van der Waals surface area (Å²) in [5, 5.41) is 0. The number of Topliss-reactive ketones (excluding diaryl/α,β-unsaturated/α-hetero) is 1. The first kappa shape index (κ1) is 16.9. The minimum Gasteiger partial charge on any atom is -0.298 e.